The summed E-state index contributed by atoms with van der Waals surface area (Å²) in [6.45, 7) is 5.53. The number of carbonyl (C=O) groups excluding carboxylic acids is 2. The molecule has 1 amide bonds. The fourth-order valence-electron chi connectivity index (χ4n) is 4.11. The number of carbonyl (C=O) groups is 2. The van der Waals surface area contributed by atoms with E-state index < -0.39 is 23.0 Å². The van der Waals surface area contributed by atoms with Crippen LogP contribution in [0.3, 0.4) is 0 Å². The number of benzene rings is 3. The molecule has 3 aromatic rings. The minimum Gasteiger partial charge on any atom is -0.507 e. The second kappa shape index (κ2) is 9.18. The summed E-state index contributed by atoms with van der Waals surface area (Å²) in [7, 11) is 0. The molecule has 2 N–H and O–H groups in total. The van der Waals surface area contributed by atoms with Crippen LogP contribution >= 0.6 is 0 Å². The van der Waals surface area contributed by atoms with Crippen molar-refractivity contribution in [2.45, 2.75) is 44.8 Å². The van der Waals surface area contributed by atoms with Gasteiger partial charge in [-0.15, -0.1) is 0 Å². The van der Waals surface area contributed by atoms with E-state index in [4.69, 9.17) is 4.74 Å². The van der Waals surface area contributed by atoms with Crippen molar-refractivity contribution in [3.05, 3.63) is 102 Å². The number of hydrogen-bond acceptors (Lipinski definition) is 4. The molecule has 0 fully saturated rings. The molecule has 34 heavy (non-hydrogen) atoms. The Bertz CT molecular complexity index is 1210. The van der Waals surface area contributed by atoms with Gasteiger partial charge in [0.2, 0.25) is 5.60 Å². The van der Waals surface area contributed by atoms with Gasteiger partial charge in [-0.2, -0.15) is 0 Å². The smallest absolute Gasteiger partial charge is 0.343 e. The molecule has 4 rings (SSSR count). The zero-order chi connectivity index (χ0) is 24.3. The average Bonchev–Trinajstić information content (AvgIpc) is 3.08. The normalized spacial score (nSPS) is 18.0. The summed E-state index contributed by atoms with van der Waals surface area (Å²) in [5.74, 6) is -1.58. The topological polar surface area (TPSA) is 75.6 Å². The van der Waals surface area contributed by atoms with Gasteiger partial charge in [0.25, 0.3) is 5.91 Å². The summed E-state index contributed by atoms with van der Waals surface area (Å²) in [6.07, 6.45) is 0.581. The predicted molar refractivity (Wildman–Crippen MR) is 133 cm³/mol. The Kier molecular flexibility index (Phi) is 6.29. The summed E-state index contributed by atoms with van der Waals surface area (Å²) in [5, 5.41) is 14.2. The quantitative estimate of drug-likeness (QED) is 0.484. The molecule has 0 spiro atoms. The van der Waals surface area contributed by atoms with Crippen molar-refractivity contribution in [1.29, 1.82) is 0 Å². The van der Waals surface area contributed by atoms with Crippen LogP contribution in [0.1, 0.15) is 38.3 Å². The lowest BCUT2D eigenvalue weighted by molar-refractivity contribution is -0.159. The Morgan fingerprint density at radius 2 is 1.38 bits per heavy atom. The van der Waals surface area contributed by atoms with E-state index in [1.807, 2.05) is 93.6 Å². The van der Waals surface area contributed by atoms with Crippen LogP contribution in [0.2, 0.25) is 0 Å². The molecule has 1 unspecified atom stereocenters. The number of aryl methyl sites for hydroxylation is 1. The lowest BCUT2D eigenvalue weighted by Crippen LogP contribution is -2.54. The Labute approximate surface area is 200 Å². The number of aliphatic hydroxyl groups is 1. The first-order valence-corrected chi connectivity index (χ1v) is 11.4. The van der Waals surface area contributed by atoms with Crippen molar-refractivity contribution in [2.24, 2.45) is 0 Å². The number of ether oxygens (including phenoxy) is 1. The van der Waals surface area contributed by atoms with Gasteiger partial charge in [0, 0.05) is 12.0 Å². The van der Waals surface area contributed by atoms with Crippen LogP contribution in [0, 0.1) is 0 Å². The Morgan fingerprint density at radius 3 is 1.97 bits per heavy atom. The summed E-state index contributed by atoms with van der Waals surface area (Å²) in [6, 6.07) is 26.8. The van der Waals surface area contributed by atoms with E-state index in [2.05, 4.69) is 5.32 Å². The van der Waals surface area contributed by atoms with Gasteiger partial charge >= 0.3 is 5.97 Å². The third-order valence-corrected chi connectivity index (χ3v) is 5.83. The minimum atomic E-state index is -1.78. The molecular weight excluding hydrogens is 426 g/mol. The molecule has 1 atom stereocenters. The van der Waals surface area contributed by atoms with E-state index in [0.29, 0.717) is 12.0 Å². The van der Waals surface area contributed by atoms with Gasteiger partial charge in [-0.25, -0.2) is 4.79 Å². The molecule has 5 heteroatoms. The molecule has 0 aliphatic carbocycles. The molecule has 0 bridgehead atoms. The minimum absolute atomic E-state index is 0.0248. The highest BCUT2D eigenvalue weighted by atomic mass is 16.6. The highest BCUT2D eigenvalue weighted by Gasteiger charge is 2.54. The van der Waals surface area contributed by atoms with Crippen LogP contribution in [-0.2, 0) is 20.7 Å². The van der Waals surface area contributed by atoms with Crippen LogP contribution in [0.25, 0.3) is 16.7 Å². The Hall–Kier alpha value is -3.86. The first-order chi connectivity index (χ1) is 16.2. The fourth-order valence-corrected chi connectivity index (χ4v) is 4.11. The highest BCUT2D eigenvalue weighted by molar-refractivity contribution is 6.22. The van der Waals surface area contributed by atoms with Crippen LogP contribution in [0.15, 0.2) is 90.7 Å². The number of hydrogen-bond donors (Lipinski definition) is 2. The van der Waals surface area contributed by atoms with Crippen LogP contribution in [0.5, 0.6) is 0 Å². The van der Waals surface area contributed by atoms with Crippen LogP contribution < -0.4 is 5.32 Å². The van der Waals surface area contributed by atoms with Crippen molar-refractivity contribution in [3.63, 3.8) is 0 Å². The molecule has 3 aromatic carbocycles. The molecular formula is C29H29NO4. The zero-order valence-corrected chi connectivity index (χ0v) is 19.7. The Morgan fingerprint density at radius 1 is 0.853 bits per heavy atom. The summed E-state index contributed by atoms with van der Waals surface area (Å²) < 4.78 is 5.70. The number of aliphatic hydroxyl groups excluding tert-OH is 1. The van der Waals surface area contributed by atoms with Gasteiger partial charge in [-0.05, 0) is 49.4 Å². The lowest BCUT2D eigenvalue weighted by Gasteiger charge is -2.31. The second-order valence-corrected chi connectivity index (χ2v) is 9.57. The molecule has 5 nitrogen and oxygen atoms in total. The van der Waals surface area contributed by atoms with Gasteiger partial charge in [0.05, 0.1) is 0 Å². The van der Waals surface area contributed by atoms with Crippen molar-refractivity contribution in [2.75, 3.05) is 0 Å². The molecule has 0 saturated heterocycles. The van der Waals surface area contributed by atoms with Gasteiger partial charge in [-0.3, -0.25) is 4.79 Å². The van der Waals surface area contributed by atoms with E-state index >= 15 is 0 Å². The van der Waals surface area contributed by atoms with Gasteiger partial charge in [-0.1, -0.05) is 84.9 Å². The molecule has 1 heterocycles. The van der Waals surface area contributed by atoms with Crippen molar-refractivity contribution >= 4 is 17.4 Å². The molecule has 0 radical (unpaired) electrons. The number of amides is 1. The number of cyclic esters (lactones) is 1. The monoisotopic (exact) mass is 455 g/mol. The molecule has 1 aliphatic heterocycles. The molecule has 1 aliphatic rings. The molecule has 174 valence electrons. The van der Waals surface area contributed by atoms with Crippen LogP contribution in [-0.4, -0.2) is 28.1 Å². The fraction of sp³-hybridized carbons (Fsp3) is 0.241. The van der Waals surface area contributed by atoms with E-state index in [-0.39, 0.29) is 17.8 Å². The molecule has 0 saturated carbocycles. The van der Waals surface area contributed by atoms with Gasteiger partial charge in [0.1, 0.15) is 5.57 Å². The lowest BCUT2D eigenvalue weighted by atomic mass is 9.88. The third-order valence-electron chi connectivity index (χ3n) is 5.83. The second-order valence-electron chi connectivity index (χ2n) is 9.57. The van der Waals surface area contributed by atoms with E-state index in [1.54, 1.807) is 12.1 Å². The maximum absolute atomic E-state index is 13.4. The molecule has 0 aromatic heterocycles. The van der Waals surface area contributed by atoms with E-state index in [1.165, 1.54) is 0 Å². The average molecular weight is 456 g/mol. The van der Waals surface area contributed by atoms with Crippen LogP contribution in [0.4, 0.5) is 0 Å². The highest BCUT2D eigenvalue weighted by Crippen LogP contribution is 2.40. The third kappa shape index (κ3) is 4.74. The summed E-state index contributed by atoms with van der Waals surface area (Å²) in [4.78, 5) is 26.4. The maximum Gasteiger partial charge on any atom is 0.343 e. The van der Waals surface area contributed by atoms with Gasteiger partial charge in [0.15, 0.2) is 5.76 Å². The largest absolute Gasteiger partial charge is 0.507 e. The van der Waals surface area contributed by atoms with Crippen molar-refractivity contribution in [1.82, 2.24) is 5.32 Å². The standard InChI is InChI=1S/C29H29NO4/c1-28(2,3)30-27(33)29(19-18-20-10-6-4-7-11-20)25(31)24(26(32)34-29)23-16-14-22(15-17-23)21-12-8-5-9-13-21/h4-17,31H,18-19H2,1-3H3,(H,30,33). The first kappa shape index (κ1) is 23.3. The summed E-state index contributed by atoms with van der Waals surface area (Å²) in [5.41, 5.74) is 1.19. The summed E-state index contributed by atoms with van der Waals surface area (Å²) >= 11 is 0. The number of nitrogens with one attached hydrogen (secondary N) is 1. The van der Waals surface area contributed by atoms with Crippen molar-refractivity contribution in [3.8, 4) is 11.1 Å². The van der Waals surface area contributed by atoms with Gasteiger partial charge < -0.3 is 15.2 Å². The van der Waals surface area contributed by atoms with E-state index in [9.17, 15) is 14.7 Å². The SMILES string of the molecule is CC(C)(C)NC(=O)C1(CCc2ccccc2)OC(=O)C(c2ccc(-c3ccccc3)cc2)=C1O. The first-order valence-electron chi connectivity index (χ1n) is 11.4. The number of rotatable bonds is 6. The predicted octanol–water partition coefficient (Wildman–Crippen LogP) is 5.47. The zero-order valence-electron chi connectivity index (χ0n) is 19.7. The number of esters is 1. The van der Waals surface area contributed by atoms with Crippen molar-refractivity contribution < 1.29 is 19.4 Å². The van der Waals surface area contributed by atoms with E-state index in [0.717, 1.165) is 16.7 Å². The Balaban J connectivity index is 1.71. The maximum atomic E-state index is 13.4.